The molecule has 1 aliphatic carbocycles. The van der Waals surface area contributed by atoms with Crippen LogP contribution in [0.25, 0.3) is 0 Å². The third-order valence-corrected chi connectivity index (χ3v) is 5.62. The van der Waals surface area contributed by atoms with Crippen molar-refractivity contribution in [2.24, 2.45) is 5.92 Å². The van der Waals surface area contributed by atoms with Gasteiger partial charge in [-0.25, -0.2) is 0 Å². The summed E-state index contributed by atoms with van der Waals surface area (Å²) in [6.45, 7) is 4.15. The summed E-state index contributed by atoms with van der Waals surface area (Å²) >= 11 is 1.53. The molecule has 25 heavy (non-hydrogen) atoms. The molecule has 1 aromatic carbocycles. The van der Waals surface area contributed by atoms with Crippen LogP contribution in [-0.2, 0) is 9.59 Å². The van der Waals surface area contributed by atoms with E-state index in [2.05, 4.69) is 5.32 Å². The Kier molecular flexibility index (Phi) is 6.24. The average molecular weight is 362 g/mol. The summed E-state index contributed by atoms with van der Waals surface area (Å²) in [7, 11) is 0. The van der Waals surface area contributed by atoms with Crippen LogP contribution in [-0.4, -0.2) is 48.2 Å². The molecule has 1 aliphatic heterocycles. The molecule has 1 saturated heterocycles. The number of nitrogens with one attached hydrogen (secondary N) is 1. The van der Waals surface area contributed by atoms with E-state index in [0.717, 1.165) is 49.4 Å². The van der Waals surface area contributed by atoms with Gasteiger partial charge in [0.25, 0.3) is 0 Å². The number of rotatable bonds is 7. The third-order valence-electron chi connectivity index (χ3n) is 4.60. The number of hydrogen-bond acceptors (Lipinski definition) is 4. The van der Waals surface area contributed by atoms with E-state index in [1.807, 2.05) is 36.1 Å². The molecule has 0 spiro atoms. The van der Waals surface area contributed by atoms with Gasteiger partial charge in [0, 0.05) is 29.9 Å². The fourth-order valence-corrected chi connectivity index (χ4v) is 3.76. The molecule has 136 valence electrons. The minimum Gasteiger partial charge on any atom is -0.494 e. The molecular weight excluding hydrogens is 336 g/mol. The maximum absolute atomic E-state index is 12.2. The fraction of sp³-hybridized carbons (Fsp3) is 0.579. The first-order valence-corrected chi connectivity index (χ1v) is 10.1. The van der Waals surface area contributed by atoms with E-state index in [9.17, 15) is 9.59 Å². The quantitative estimate of drug-likeness (QED) is 0.758. The first kappa shape index (κ1) is 18.1. The lowest BCUT2D eigenvalue weighted by Gasteiger charge is -2.32. The predicted molar refractivity (Wildman–Crippen MR) is 98.8 cm³/mol. The van der Waals surface area contributed by atoms with Gasteiger partial charge in [-0.2, -0.15) is 0 Å². The van der Waals surface area contributed by atoms with E-state index in [1.165, 1.54) is 11.8 Å². The van der Waals surface area contributed by atoms with Crippen molar-refractivity contribution in [3.63, 3.8) is 0 Å². The number of hydrogen-bond donors (Lipinski definition) is 1. The second kappa shape index (κ2) is 8.61. The highest BCUT2D eigenvalue weighted by atomic mass is 32.2. The van der Waals surface area contributed by atoms with Crippen LogP contribution in [0.2, 0.25) is 0 Å². The Morgan fingerprint density at radius 1 is 1.16 bits per heavy atom. The Balaban J connectivity index is 1.36. The molecular formula is C19H26N2O3S. The molecule has 0 aromatic heterocycles. The van der Waals surface area contributed by atoms with Gasteiger partial charge in [-0.1, -0.05) is 0 Å². The summed E-state index contributed by atoms with van der Waals surface area (Å²) in [6.07, 6.45) is 3.83. The Morgan fingerprint density at radius 3 is 2.44 bits per heavy atom. The molecule has 2 aliphatic rings. The number of nitrogens with zero attached hydrogens (tertiary/aromatic N) is 1. The number of carbonyl (C=O) groups is 2. The van der Waals surface area contributed by atoms with Crippen molar-refractivity contribution in [2.75, 3.05) is 25.4 Å². The summed E-state index contributed by atoms with van der Waals surface area (Å²) in [4.78, 5) is 27.2. The number of amides is 2. The lowest BCUT2D eigenvalue weighted by Crippen LogP contribution is -2.47. The number of ether oxygens (including phenoxy) is 1. The van der Waals surface area contributed by atoms with Crippen molar-refractivity contribution >= 4 is 23.6 Å². The molecule has 2 fully saturated rings. The Hall–Kier alpha value is -1.69. The van der Waals surface area contributed by atoms with Gasteiger partial charge in [0.2, 0.25) is 11.8 Å². The van der Waals surface area contributed by atoms with Crippen molar-refractivity contribution in [3.8, 4) is 5.75 Å². The topological polar surface area (TPSA) is 58.6 Å². The summed E-state index contributed by atoms with van der Waals surface area (Å²) in [5, 5.41) is 3.10. The normalized spacial score (nSPS) is 18.0. The van der Waals surface area contributed by atoms with Crippen LogP contribution in [0.3, 0.4) is 0 Å². The number of piperidine rings is 1. The zero-order chi connectivity index (χ0) is 17.6. The summed E-state index contributed by atoms with van der Waals surface area (Å²) in [6, 6.07) is 8.00. The largest absolute Gasteiger partial charge is 0.494 e. The Labute approximate surface area is 153 Å². The molecule has 0 atom stereocenters. The van der Waals surface area contributed by atoms with Gasteiger partial charge in [-0.3, -0.25) is 9.59 Å². The van der Waals surface area contributed by atoms with Crippen LogP contribution < -0.4 is 10.1 Å². The SMILES string of the molecule is CCOc1ccc(SCC(=O)NC2CCN(C(=O)C3CC3)CC2)cc1. The van der Waals surface area contributed by atoms with Crippen LogP contribution >= 0.6 is 11.8 Å². The second-order valence-electron chi connectivity index (χ2n) is 6.63. The van der Waals surface area contributed by atoms with E-state index in [1.54, 1.807) is 0 Å². The highest BCUT2D eigenvalue weighted by Crippen LogP contribution is 2.31. The zero-order valence-corrected chi connectivity index (χ0v) is 15.5. The molecule has 1 heterocycles. The van der Waals surface area contributed by atoms with E-state index >= 15 is 0 Å². The summed E-state index contributed by atoms with van der Waals surface area (Å²) in [5.41, 5.74) is 0. The first-order chi connectivity index (χ1) is 12.2. The van der Waals surface area contributed by atoms with Crippen molar-refractivity contribution in [1.29, 1.82) is 0 Å². The lowest BCUT2D eigenvalue weighted by atomic mass is 10.0. The van der Waals surface area contributed by atoms with Gasteiger partial charge < -0.3 is 15.0 Å². The standard InChI is InChI=1S/C19H26N2O3S/c1-2-24-16-5-7-17(8-6-16)25-13-18(22)20-15-9-11-21(12-10-15)19(23)14-3-4-14/h5-8,14-15H,2-4,9-13H2,1H3,(H,20,22). The zero-order valence-electron chi connectivity index (χ0n) is 14.7. The molecule has 3 rings (SSSR count). The van der Waals surface area contributed by atoms with Gasteiger partial charge in [0.1, 0.15) is 5.75 Å². The number of thioether (sulfide) groups is 1. The smallest absolute Gasteiger partial charge is 0.230 e. The maximum atomic E-state index is 12.2. The molecule has 0 bridgehead atoms. The molecule has 5 nitrogen and oxygen atoms in total. The molecule has 1 aromatic rings. The molecule has 6 heteroatoms. The number of benzene rings is 1. The van der Waals surface area contributed by atoms with Crippen LogP contribution in [0.1, 0.15) is 32.6 Å². The maximum Gasteiger partial charge on any atom is 0.230 e. The molecule has 0 unspecified atom stereocenters. The van der Waals surface area contributed by atoms with Crippen LogP contribution in [0.5, 0.6) is 5.75 Å². The highest BCUT2D eigenvalue weighted by Gasteiger charge is 2.35. The Bertz CT molecular complexity index is 593. The van der Waals surface area contributed by atoms with E-state index < -0.39 is 0 Å². The molecule has 1 saturated carbocycles. The first-order valence-electron chi connectivity index (χ1n) is 9.09. The highest BCUT2D eigenvalue weighted by molar-refractivity contribution is 8.00. The number of carbonyl (C=O) groups excluding carboxylic acids is 2. The minimum atomic E-state index is 0.0610. The minimum absolute atomic E-state index is 0.0610. The van der Waals surface area contributed by atoms with E-state index in [0.29, 0.717) is 18.3 Å². The monoisotopic (exact) mass is 362 g/mol. The van der Waals surface area contributed by atoms with Gasteiger partial charge in [-0.05, 0) is 56.9 Å². The van der Waals surface area contributed by atoms with Crippen LogP contribution in [0.15, 0.2) is 29.2 Å². The van der Waals surface area contributed by atoms with Gasteiger partial charge in [0.15, 0.2) is 0 Å². The fourth-order valence-electron chi connectivity index (χ4n) is 3.05. The van der Waals surface area contributed by atoms with Gasteiger partial charge in [0.05, 0.1) is 12.4 Å². The van der Waals surface area contributed by atoms with Crippen LogP contribution in [0.4, 0.5) is 0 Å². The van der Waals surface area contributed by atoms with E-state index in [-0.39, 0.29) is 17.9 Å². The van der Waals surface area contributed by atoms with Crippen LogP contribution in [0, 0.1) is 5.92 Å². The van der Waals surface area contributed by atoms with Crippen molar-refractivity contribution in [2.45, 2.75) is 43.5 Å². The summed E-state index contributed by atoms with van der Waals surface area (Å²) < 4.78 is 5.41. The van der Waals surface area contributed by atoms with Crippen molar-refractivity contribution in [1.82, 2.24) is 10.2 Å². The van der Waals surface area contributed by atoms with E-state index in [4.69, 9.17) is 4.74 Å². The number of likely N-dealkylation sites (tertiary alicyclic amines) is 1. The molecule has 1 N–H and O–H groups in total. The van der Waals surface area contributed by atoms with Crippen molar-refractivity contribution < 1.29 is 14.3 Å². The predicted octanol–water partition coefficient (Wildman–Crippen LogP) is 2.69. The third kappa shape index (κ3) is 5.39. The van der Waals surface area contributed by atoms with Gasteiger partial charge in [-0.15, -0.1) is 11.8 Å². The van der Waals surface area contributed by atoms with Crippen molar-refractivity contribution in [3.05, 3.63) is 24.3 Å². The second-order valence-corrected chi connectivity index (χ2v) is 7.68. The lowest BCUT2D eigenvalue weighted by molar-refractivity contribution is -0.133. The average Bonchev–Trinajstić information content (AvgIpc) is 3.47. The molecule has 2 amide bonds. The Morgan fingerprint density at radius 2 is 1.84 bits per heavy atom. The molecule has 0 radical (unpaired) electrons. The summed E-state index contributed by atoms with van der Waals surface area (Å²) in [5.74, 6) is 1.93. The van der Waals surface area contributed by atoms with Gasteiger partial charge >= 0.3 is 0 Å².